The van der Waals surface area contributed by atoms with Gasteiger partial charge in [0.2, 0.25) is 0 Å². The van der Waals surface area contributed by atoms with Crippen LogP contribution in [0.4, 0.5) is 0 Å². The van der Waals surface area contributed by atoms with Gasteiger partial charge in [0, 0.05) is 26.2 Å². The maximum Gasteiger partial charge on any atom is 0.328 e. The second-order valence-electron chi connectivity index (χ2n) is 5.24. The van der Waals surface area contributed by atoms with Crippen molar-refractivity contribution in [2.45, 2.75) is 13.0 Å². The standard InChI is InChI=1S/C15H19N3O3/c19-14-12-4-1-2-5-13(12)16-15(20)18(14)7-3-6-17-8-10-21-11-9-17/h1-2,4-5H,3,6-11H2,(H,16,20). The van der Waals surface area contributed by atoms with Crippen molar-refractivity contribution in [3.63, 3.8) is 0 Å². The number of fused-ring (bicyclic) bond motifs is 1. The molecule has 1 fully saturated rings. The van der Waals surface area contributed by atoms with Gasteiger partial charge in [0.25, 0.3) is 5.56 Å². The third-order valence-electron chi connectivity index (χ3n) is 3.85. The molecule has 6 heteroatoms. The summed E-state index contributed by atoms with van der Waals surface area (Å²) in [6, 6.07) is 7.10. The normalized spacial score (nSPS) is 16.4. The summed E-state index contributed by atoms with van der Waals surface area (Å²) in [5.74, 6) is 0. The lowest BCUT2D eigenvalue weighted by Crippen LogP contribution is -2.39. The molecule has 112 valence electrons. The number of aromatic nitrogens is 2. The van der Waals surface area contributed by atoms with Crippen LogP contribution < -0.4 is 11.2 Å². The molecule has 3 rings (SSSR count). The largest absolute Gasteiger partial charge is 0.379 e. The first kappa shape index (κ1) is 14.0. The van der Waals surface area contributed by atoms with Crippen LogP contribution in [0.25, 0.3) is 10.9 Å². The molecule has 2 heterocycles. The molecule has 0 atom stereocenters. The molecule has 2 aromatic rings. The van der Waals surface area contributed by atoms with Crippen LogP contribution in [0, 0.1) is 0 Å². The van der Waals surface area contributed by atoms with Crippen LogP contribution in [0.3, 0.4) is 0 Å². The first-order valence-corrected chi connectivity index (χ1v) is 7.28. The van der Waals surface area contributed by atoms with Crippen LogP contribution in [0.15, 0.2) is 33.9 Å². The number of morpholine rings is 1. The van der Waals surface area contributed by atoms with Gasteiger partial charge >= 0.3 is 5.69 Å². The van der Waals surface area contributed by atoms with Gasteiger partial charge in [-0.15, -0.1) is 0 Å². The van der Waals surface area contributed by atoms with Crippen LogP contribution in [0.2, 0.25) is 0 Å². The van der Waals surface area contributed by atoms with Crippen molar-refractivity contribution >= 4 is 10.9 Å². The number of ether oxygens (including phenoxy) is 1. The highest BCUT2D eigenvalue weighted by Gasteiger charge is 2.11. The third kappa shape index (κ3) is 3.06. The molecule has 1 aromatic heterocycles. The minimum Gasteiger partial charge on any atom is -0.379 e. The molecule has 0 bridgehead atoms. The molecular formula is C15H19N3O3. The number of H-pyrrole nitrogens is 1. The number of nitrogens with one attached hydrogen (secondary N) is 1. The van der Waals surface area contributed by atoms with Crippen LogP contribution in [0.5, 0.6) is 0 Å². The third-order valence-corrected chi connectivity index (χ3v) is 3.85. The second-order valence-corrected chi connectivity index (χ2v) is 5.24. The van der Waals surface area contributed by atoms with Gasteiger partial charge in [-0.3, -0.25) is 14.3 Å². The highest BCUT2D eigenvalue weighted by molar-refractivity contribution is 5.76. The van der Waals surface area contributed by atoms with Crippen molar-refractivity contribution < 1.29 is 4.74 Å². The Morgan fingerprint density at radius 2 is 1.86 bits per heavy atom. The quantitative estimate of drug-likeness (QED) is 0.885. The molecule has 1 aromatic carbocycles. The Kier molecular flexibility index (Phi) is 4.17. The van der Waals surface area contributed by atoms with Crippen LogP contribution >= 0.6 is 0 Å². The molecule has 1 aliphatic rings. The summed E-state index contributed by atoms with van der Waals surface area (Å²) in [5.41, 5.74) is 0.0499. The smallest absolute Gasteiger partial charge is 0.328 e. The van der Waals surface area contributed by atoms with Crippen LogP contribution in [-0.2, 0) is 11.3 Å². The van der Waals surface area contributed by atoms with Gasteiger partial charge in [0.1, 0.15) is 0 Å². The summed E-state index contributed by atoms with van der Waals surface area (Å²) in [6.07, 6.45) is 0.779. The van der Waals surface area contributed by atoms with E-state index in [0.29, 0.717) is 17.4 Å². The van der Waals surface area contributed by atoms with Crippen molar-refractivity contribution in [2.24, 2.45) is 0 Å². The number of hydrogen-bond donors (Lipinski definition) is 1. The van der Waals surface area contributed by atoms with E-state index in [1.165, 1.54) is 4.57 Å². The number of rotatable bonds is 4. The summed E-state index contributed by atoms with van der Waals surface area (Å²) in [4.78, 5) is 29.4. The maximum atomic E-state index is 12.3. The Bertz CT molecular complexity index is 729. The van der Waals surface area contributed by atoms with Gasteiger partial charge in [-0.1, -0.05) is 12.1 Å². The zero-order valence-electron chi connectivity index (χ0n) is 11.9. The van der Waals surface area contributed by atoms with Gasteiger partial charge in [-0.05, 0) is 18.6 Å². The Balaban J connectivity index is 1.74. The SMILES string of the molecule is O=c1[nH]c2ccccc2c(=O)n1CCCN1CCOCC1. The Morgan fingerprint density at radius 1 is 1.10 bits per heavy atom. The lowest BCUT2D eigenvalue weighted by atomic mass is 10.2. The van der Waals surface area contributed by atoms with E-state index in [1.807, 2.05) is 0 Å². The molecule has 1 N–H and O–H groups in total. The van der Waals surface area contributed by atoms with Gasteiger partial charge in [-0.2, -0.15) is 0 Å². The van der Waals surface area contributed by atoms with E-state index in [9.17, 15) is 9.59 Å². The van der Waals surface area contributed by atoms with E-state index in [4.69, 9.17) is 4.74 Å². The van der Waals surface area contributed by atoms with E-state index >= 15 is 0 Å². The molecule has 0 saturated carbocycles. The van der Waals surface area contributed by atoms with Crippen molar-refractivity contribution in [2.75, 3.05) is 32.8 Å². The fourth-order valence-corrected chi connectivity index (χ4v) is 2.68. The average Bonchev–Trinajstić information content (AvgIpc) is 2.51. The topological polar surface area (TPSA) is 67.3 Å². The first-order valence-electron chi connectivity index (χ1n) is 7.28. The summed E-state index contributed by atoms with van der Waals surface area (Å²) < 4.78 is 6.59. The molecule has 1 aliphatic heterocycles. The van der Waals surface area contributed by atoms with Crippen molar-refractivity contribution in [3.8, 4) is 0 Å². The number of nitrogens with zero attached hydrogens (tertiary/aromatic N) is 2. The van der Waals surface area contributed by atoms with E-state index in [1.54, 1.807) is 24.3 Å². The predicted octanol–water partition coefficient (Wildman–Crippen LogP) is 0.412. The van der Waals surface area contributed by atoms with Gasteiger partial charge in [0.05, 0.1) is 24.1 Å². The Labute approximate surface area is 122 Å². The van der Waals surface area contributed by atoms with E-state index < -0.39 is 0 Å². The van der Waals surface area contributed by atoms with E-state index in [0.717, 1.165) is 39.3 Å². The molecule has 6 nitrogen and oxygen atoms in total. The fourth-order valence-electron chi connectivity index (χ4n) is 2.68. The highest BCUT2D eigenvalue weighted by atomic mass is 16.5. The maximum absolute atomic E-state index is 12.3. The average molecular weight is 289 g/mol. The number of aromatic amines is 1. The lowest BCUT2D eigenvalue weighted by Gasteiger charge is -2.26. The van der Waals surface area contributed by atoms with Crippen molar-refractivity contribution in [1.82, 2.24) is 14.5 Å². The molecule has 0 amide bonds. The lowest BCUT2D eigenvalue weighted by molar-refractivity contribution is 0.0368. The molecule has 0 aliphatic carbocycles. The fraction of sp³-hybridized carbons (Fsp3) is 0.467. The van der Waals surface area contributed by atoms with Crippen molar-refractivity contribution in [1.29, 1.82) is 0 Å². The summed E-state index contributed by atoms with van der Waals surface area (Å²) >= 11 is 0. The van der Waals surface area contributed by atoms with Crippen LogP contribution in [0.1, 0.15) is 6.42 Å². The Hall–Kier alpha value is -1.92. The van der Waals surface area contributed by atoms with Gasteiger partial charge < -0.3 is 9.72 Å². The summed E-state index contributed by atoms with van der Waals surface area (Å²) in [7, 11) is 0. The van der Waals surface area contributed by atoms with Gasteiger partial charge in [-0.25, -0.2) is 4.79 Å². The zero-order chi connectivity index (χ0) is 14.7. The first-order chi connectivity index (χ1) is 10.3. The molecule has 0 radical (unpaired) electrons. The second kappa shape index (κ2) is 6.24. The Morgan fingerprint density at radius 3 is 2.67 bits per heavy atom. The van der Waals surface area contributed by atoms with Crippen LogP contribution in [-0.4, -0.2) is 47.3 Å². The summed E-state index contributed by atoms with van der Waals surface area (Å²) in [6.45, 7) is 4.68. The van der Waals surface area contributed by atoms with Gasteiger partial charge in [0.15, 0.2) is 0 Å². The number of benzene rings is 1. The minimum absolute atomic E-state index is 0.212. The monoisotopic (exact) mass is 289 g/mol. The highest BCUT2D eigenvalue weighted by Crippen LogP contribution is 2.03. The molecule has 21 heavy (non-hydrogen) atoms. The predicted molar refractivity (Wildman–Crippen MR) is 80.7 cm³/mol. The molecule has 1 saturated heterocycles. The summed E-state index contributed by atoms with van der Waals surface area (Å²) in [5, 5.41) is 0.559. The van der Waals surface area contributed by atoms with Crippen molar-refractivity contribution in [3.05, 3.63) is 45.1 Å². The van der Waals surface area contributed by atoms with E-state index in [-0.39, 0.29) is 11.2 Å². The number of hydrogen-bond acceptors (Lipinski definition) is 4. The van der Waals surface area contributed by atoms with E-state index in [2.05, 4.69) is 9.88 Å². The molecule has 0 unspecified atom stereocenters. The molecular weight excluding hydrogens is 270 g/mol. The zero-order valence-corrected chi connectivity index (χ0v) is 11.9. The molecule has 0 spiro atoms. The minimum atomic E-state index is -0.333. The number of para-hydroxylation sites is 1.